The zero-order valence-electron chi connectivity index (χ0n) is 7.95. The van der Waals surface area contributed by atoms with Crippen molar-refractivity contribution < 1.29 is 9.05 Å². The molecule has 0 aliphatic carbocycles. The van der Waals surface area contributed by atoms with E-state index in [1.54, 1.807) is 0 Å². The van der Waals surface area contributed by atoms with Gasteiger partial charge in [0.2, 0.25) is 5.69 Å². The average molecular weight is 253 g/mol. The molecule has 0 bridgehead atoms. The summed E-state index contributed by atoms with van der Waals surface area (Å²) in [6.45, 7) is 5.35. The van der Waals surface area contributed by atoms with Crippen molar-refractivity contribution in [3.05, 3.63) is 0 Å². The molecule has 0 saturated carbocycles. The van der Waals surface area contributed by atoms with E-state index in [4.69, 9.17) is 20.9 Å². The van der Waals surface area contributed by atoms with Crippen LogP contribution in [0.1, 0.15) is 26.7 Å². The van der Waals surface area contributed by atoms with Gasteiger partial charge in [0.1, 0.15) is 0 Å². The molecule has 0 aromatic carbocycles. The maximum atomic E-state index is 5.25. The molecule has 0 saturated heterocycles. The van der Waals surface area contributed by atoms with Gasteiger partial charge in [0.05, 0.1) is 13.2 Å². The minimum absolute atomic E-state index is 0. The van der Waals surface area contributed by atoms with Gasteiger partial charge in [0.25, 0.3) is 0 Å². The Balaban J connectivity index is 0. The molecule has 2 nitrogen and oxygen atoms in total. The molecule has 0 fully saturated rings. The molecule has 0 spiro atoms. The van der Waals surface area contributed by atoms with Gasteiger partial charge in [-0.2, -0.15) is 0 Å². The molecule has 0 rings (SSSR count). The number of rotatable bonds is 6. The first-order valence-corrected chi connectivity index (χ1v) is 7.53. The summed E-state index contributed by atoms with van der Waals surface area (Å²) < 4.78 is 10.5. The van der Waals surface area contributed by atoms with E-state index in [2.05, 4.69) is 12.2 Å². The second-order valence-corrected chi connectivity index (χ2v) is 7.42. The van der Waals surface area contributed by atoms with Crippen LogP contribution in [0.15, 0.2) is 0 Å². The maximum absolute atomic E-state index is 5.25. The van der Waals surface area contributed by atoms with E-state index in [1.165, 1.54) is 0 Å². The van der Waals surface area contributed by atoms with E-state index < -0.39 is 5.69 Å². The molecule has 0 amide bonds. The minimum atomic E-state index is -2.20. The number of thiol groups is 1. The molecule has 0 aromatic rings. The summed E-state index contributed by atoms with van der Waals surface area (Å²) in [6.07, 6.45) is 1.91. The smallest absolute Gasteiger partial charge is 0.244 e. The normalized spacial score (nSPS) is 10.9. The monoisotopic (exact) mass is 253 g/mol. The van der Waals surface area contributed by atoms with Crippen LogP contribution in [0.2, 0.25) is 0 Å². The van der Waals surface area contributed by atoms with Gasteiger partial charge in [-0.05, 0) is 24.6 Å². The van der Waals surface area contributed by atoms with Gasteiger partial charge in [-0.3, -0.25) is 0 Å². The topological polar surface area (TPSA) is 18.5 Å². The Morgan fingerprint density at radius 3 is 1.75 bits per heavy atom. The Morgan fingerprint density at radius 2 is 1.50 bits per heavy atom. The van der Waals surface area contributed by atoms with Crippen LogP contribution in [-0.4, -0.2) is 64.6 Å². The SMILES string of the molecule is CCCOP(=S)(S)OCCC.[K]. The summed E-state index contributed by atoms with van der Waals surface area (Å²) in [4.78, 5) is 0. The first-order valence-electron chi connectivity index (χ1n) is 3.74. The Hall–Kier alpha value is 2.56. The van der Waals surface area contributed by atoms with E-state index in [0.717, 1.165) is 12.8 Å². The fourth-order valence-corrected chi connectivity index (χ4v) is 2.29. The van der Waals surface area contributed by atoms with Crippen molar-refractivity contribution in [2.45, 2.75) is 26.7 Å². The average Bonchev–Trinajstić information content (AvgIpc) is 1.97. The molecule has 12 heavy (non-hydrogen) atoms. The maximum Gasteiger partial charge on any atom is 0.244 e. The fourth-order valence-electron chi connectivity index (χ4n) is 0.451. The van der Waals surface area contributed by atoms with Crippen molar-refractivity contribution in [2.24, 2.45) is 0 Å². The molecule has 1 radical (unpaired) electrons. The molecule has 0 aromatic heterocycles. The third kappa shape index (κ3) is 10.6. The van der Waals surface area contributed by atoms with Gasteiger partial charge in [-0.1, -0.05) is 26.1 Å². The Labute approximate surface area is 128 Å². The molecule has 0 unspecified atom stereocenters. The van der Waals surface area contributed by atoms with E-state index in [0.29, 0.717) is 13.2 Å². The zero-order chi connectivity index (χ0) is 8.74. The van der Waals surface area contributed by atoms with Crippen molar-refractivity contribution in [1.29, 1.82) is 0 Å². The molecular weight excluding hydrogens is 238 g/mol. The van der Waals surface area contributed by atoms with Gasteiger partial charge in [-0.25, -0.2) is 0 Å². The van der Waals surface area contributed by atoms with Crippen LogP contribution in [-0.2, 0) is 20.9 Å². The van der Waals surface area contributed by atoms with Gasteiger partial charge >= 0.3 is 0 Å². The molecular formula is C6H15KO2PS2. The van der Waals surface area contributed by atoms with Crippen LogP contribution in [0.4, 0.5) is 0 Å². The Kier molecular flexibility index (Phi) is 14.3. The van der Waals surface area contributed by atoms with Crippen LogP contribution in [0, 0.1) is 0 Å². The van der Waals surface area contributed by atoms with E-state index >= 15 is 0 Å². The molecule has 0 N–H and O–H groups in total. The van der Waals surface area contributed by atoms with Crippen LogP contribution in [0.3, 0.4) is 0 Å². The van der Waals surface area contributed by atoms with Crippen molar-refractivity contribution in [2.75, 3.05) is 13.2 Å². The first-order chi connectivity index (χ1) is 5.12. The van der Waals surface area contributed by atoms with E-state index in [1.807, 2.05) is 13.8 Å². The summed E-state index contributed by atoms with van der Waals surface area (Å²) in [5.41, 5.74) is -2.20. The summed E-state index contributed by atoms with van der Waals surface area (Å²) in [5.74, 6) is 0. The van der Waals surface area contributed by atoms with E-state index in [9.17, 15) is 0 Å². The van der Waals surface area contributed by atoms with Crippen LogP contribution in [0.25, 0.3) is 0 Å². The van der Waals surface area contributed by atoms with Crippen molar-refractivity contribution in [3.63, 3.8) is 0 Å². The minimum Gasteiger partial charge on any atom is -0.322 e. The van der Waals surface area contributed by atoms with Gasteiger partial charge in [0.15, 0.2) is 0 Å². The summed E-state index contributed by atoms with van der Waals surface area (Å²) in [6, 6.07) is 0. The third-order valence-electron chi connectivity index (χ3n) is 0.917. The Bertz CT molecular complexity index is 134. The summed E-state index contributed by atoms with van der Waals surface area (Å²) in [5, 5.41) is 0. The third-order valence-corrected chi connectivity index (χ3v) is 3.26. The standard InChI is InChI=1S/C6H15O2PS2.K/c1-3-5-7-9(10,11)8-6-4-2;/h3-6H2,1-2H3,(H,10,11);. The quantitative estimate of drug-likeness (QED) is 0.446. The van der Waals surface area contributed by atoms with Crippen molar-refractivity contribution in [1.82, 2.24) is 0 Å². The van der Waals surface area contributed by atoms with Gasteiger partial charge in [-0.15, -0.1) is 0 Å². The molecule has 69 valence electrons. The summed E-state index contributed by atoms with van der Waals surface area (Å²) in [7, 11) is 0. The largest absolute Gasteiger partial charge is 0.322 e. The number of hydrogen-bond donors (Lipinski definition) is 1. The molecule has 0 aliphatic heterocycles. The van der Waals surface area contributed by atoms with E-state index in [-0.39, 0.29) is 51.4 Å². The molecule has 0 atom stereocenters. The predicted molar refractivity (Wildman–Crippen MR) is 61.5 cm³/mol. The van der Waals surface area contributed by atoms with Crippen molar-refractivity contribution in [3.8, 4) is 0 Å². The first kappa shape index (κ1) is 17.0. The predicted octanol–water partition coefficient (Wildman–Crippen LogP) is 2.61. The second-order valence-electron chi connectivity index (χ2n) is 2.14. The van der Waals surface area contributed by atoms with Crippen LogP contribution in [0.5, 0.6) is 0 Å². The van der Waals surface area contributed by atoms with Gasteiger partial charge in [0, 0.05) is 51.4 Å². The van der Waals surface area contributed by atoms with Crippen LogP contribution >= 0.6 is 17.9 Å². The second kappa shape index (κ2) is 10.1. The van der Waals surface area contributed by atoms with Gasteiger partial charge < -0.3 is 9.05 Å². The molecule has 0 aliphatic rings. The fraction of sp³-hybridized carbons (Fsp3) is 1.00. The molecule has 6 heteroatoms. The summed E-state index contributed by atoms with van der Waals surface area (Å²) >= 11 is 9.14. The zero-order valence-corrected chi connectivity index (χ0v) is 13.7. The Morgan fingerprint density at radius 1 is 1.17 bits per heavy atom. The van der Waals surface area contributed by atoms with Crippen LogP contribution < -0.4 is 0 Å². The molecule has 0 heterocycles. The van der Waals surface area contributed by atoms with Crippen molar-refractivity contribution >= 4 is 81.1 Å². The number of hydrogen-bond acceptors (Lipinski definition) is 3.